The fourth-order valence-corrected chi connectivity index (χ4v) is 0.247. The second kappa shape index (κ2) is 5.90. The Bertz CT molecular complexity index is 119. The third-order valence-electron chi connectivity index (χ3n) is 0.614. The van der Waals surface area contributed by atoms with Crippen LogP contribution in [0.1, 0.15) is 6.92 Å². The van der Waals surface area contributed by atoms with Crippen molar-refractivity contribution in [3.63, 3.8) is 0 Å². The van der Waals surface area contributed by atoms with Gasteiger partial charge in [-0.2, -0.15) is 0 Å². The smallest absolute Gasteiger partial charge is 0.545 e. The number of carboxylic acid groups (broad SMARTS) is 1. The van der Waals surface area contributed by atoms with Crippen LogP contribution in [0.5, 0.6) is 0 Å². The van der Waals surface area contributed by atoms with Gasteiger partial charge in [0.25, 0.3) is 0 Å². The monoisotopic (exact) mass is 122 g/mol. The van der Waals surface area contributed by atoms with E-state index in [-0.39, 0.29) is 25.5 Å². The van der Waals surface area contributed by atoms with Crippen molar-refractivity contribution >= 4 is 5.97 Å². The molecule has 0 rings (SSSR count). The first-order chi connectivity index (χ1) is 3.66. The van der Waals surface area contributed by atoms with Crippen molar-refractivity contribution in [2.75, 3.05) is 6.61 Å². The van der Waals surface area contributed by atoms with Crippen LogP contribution in [0.25, 0.3) is 0 Å². The fourth-order valence-electron chi connectivity index (χ4n) is 0.247. The van der Waals surface area contributed by atoms with E-state index in [1.165, 1.54) is 6.92 Å². The molecule has 0 spiro atoms. The number of hydrogen-bond donors (Lipinski definition) is 1. The molecule has 0 unspecified atom stereocenters. The van der Waals surface area contributed by atoms with Gasteiger partial charge in [0.15, 0.2) is 0 Å². The molecule has 0 saturated heterocycles. The Hall–Kier alpha value is -0.233. The molecular formula is C5H7LiO3. The molecule has 0 aliphatic rings. The molecule has 0 saturated carbocycles. The Morgan fingerprint density at radius 3 is 2.33 bits per heavy atom. The van der Waals surface area contributed by atoms with Crippen molar-refractivity contribution in [1.29, 1.82) is 0 Å². The van der Waals surface area contributed by atoms with Crippen LogP contribution in [-0.4, -0.2) is 17.7 Å². The molecule has 0 aromatic rings. The molecule has 4 heteroatoms. The van der Waals surface area contributed by atoms with Crippen LogP contribution in [-0.2, 0) is 4.79 Å². The number of rotatable bonds is 2. The van der Waals surface area contributed by atoms with E-state index in [2.05, 4.69) is 0 Å². The summed E-state index contributed by atoms with van der Waals surface area (Å²) in [6.07, 6.45) is 0.861. The number of carbonyl (C=O) groups excluding carboxylic acids is 1. The Morgan fingerprint density at radius 1 is 1.78 bits per heavy atom. The van der Waals surface area contributed by atoms with Gasteiger partial charge in [0, 0.05) is 0 Å². The third kappa shape index (κ3) is 7.77. The van der Waals surface area contributed by atoms with Crippen molar-refractivity contribution in [3.05, 3.63) is 11.6 Å². The summed E-state index contributed by atoms with van der Waals surface area (Å²) in [4.78, 5) is 9.67. The van der Waals surface area contributed by atoms with E-state index in [0.29, 0.717) is 5.57 Å². The summed E-state index contributed by atoms with van der Waals surface area (Å²) in [5, 5.41) is 17.9. The molecule has 0 bridgehead atoms. The Morgan fingerprint density at radius 2 is 2.22 bits per heavy atom. The Labute approximate surface area is 65.6 Å². The van der Waals surface area contributed by atoms with E-state index in [1.807, 2.05) is 0 Å². The summed E-state index contributed by atoms with van der Waals surface area (Å²) in [7, 11) is 0. The van der Waals surface area contributed by atoms with Gasteiger partial charge >= 0.3 is 18.9 Å². The number of aliphatic carboxylic acids is 1. The maximum absolute atomic E-state index is 9.67. The normalized spacial score (nSPS) is 10.2. The second-order valence-corrected chi connectivity index (χ2v) is 1.47. The van der Waals surface area contributed by atoms with E-state index in [0.717, 1.165) is 6.08 Å². The third-order valence-corrected chi connectivity index (χ3v) is 0.614. The summed E-state index contributed by atoms with van der Waals surface area (Å²) in [6, 6.07) is 0. The predicted octanol–water partition coefficient (Wildman–Crippen LogP) is -4.32. The van der Waals surface area contributed by atoms with Crippen LogP contribution >= 0.6 is 0 Å². The molecule has 9 heavy (non-hydrogen) atoms. The van der Waals surface area contributed by atoms with Crippen LogP contribution in [0.4, 0.5) is 0 Å². The van der Waals surface area contributed by atoms with Gasteiger partial charge in [0.05, 0.1) is 12.6 Å². The van der Waals surface area contributed by atoms with Crippen LogP contribution in [0.15, 0.2) is 11.6 Å². The summed E-state index contributed by atoms with van der Waals surface area (Å²) < 4.78 is 0. The van der Waals surface area contributed by atoms with Crippen molar-refractivity contribution < 1.29 is 33.9 Å². The average molecular weight is 122 g/mol. The molecule has 46 valence electrons. The molecule has 0 amide bonds. The SMILES string of the molecule is C/C(=C\C(=O)[O-])CO.[Li+]. The van der Waals surface area contributed by atoms with Gasteiger partial charge in [-0.3, -0.25) is 0 Å². The number of carbonyl (C=O) groups is 1. The van der Waals surface area contributed by atoms with Crippen LogP contribution < -0.4 is 24.0 Å². The topological polar surface area (TPSA) is 60.4 Å². The molecule has 0 radical (unpaired) electrons. The summed E-state index contributed by atoms with van der Waals surface area (Å²) >= 11 is 0. The minimum absolute atomic E-state index is 0. The molecule has 0 atom stereocenters. The molecule has 0 aromatic carbocycles. The molecule has 0 aliphatic carbocycles. The molecular weight excluding hydrogens is 115 g/mol. The van der Waals surface area contributed by atoms with Gasteiger partial charge in [0.2, 0.25) is 0 Å². The number of aliphatic hydroxyl groups is 1. The standard InChI is InChI=1S/C5H8O3.Li/c1-4(3-6)2-5(7)8;/h2,6H,3H2,1H3,(H,7,8);/q;+1/p-1/b4-2+;. The van der Waals surface area contributed by atoms with Crippen molar-refractivity contribution in [2.45, 2.75) is 6.92 Å². The largest absolute Gasteiger partial charge is 1.00 e. The molecule has 1 N–H and O–H groups in total. The molecule has 0 aliphatic heterocycles. The predicted molar refractivity (Wildman–Crippen MR) is 25.8 cm³/mol. The van der Waals surface area contributed by atoms with E-state index in [1.54, 1.807) is 0 Å². The molecule has 0 heterocycles. The van der Waals surface area contributed by atoms with Crippen LogP contribution in [0, 0.1) is 0 Å². The maximum atomic E-state index is 9.67. The number of carboxylic acids is 1. The van der Waals surface area contributed by atoms with Gasteiger partial charge in [-0.15, -0.1) is 0 Å². The number of aliphatic hydroxyl groups excluding tert-OH is 1. The van der Waals surface area contributed by atoms with Crippen molar-refractivity contribution in [3.8, 4) is 0 Å². The molecule has 0 fully saturated rings. The maximum Gasteiger partial charge on any atom is 1.00 e. The zero-order valence-electron chi connectivity index (χ0n) is 5.55. The Balaban J connectivity index is 0. The first-order valence-corrected chi connectivity index (χ1v) is 2.16. The first kappa shape index (κ1) is 11.5. The zero-order valence-corrected chi connectivity index (χ0v) is 5.55. The van der Waals surface area contributed by atoms with Crippen LogP contribution in [0.2, 0.25) is 0 Å². The summed E-state index contributed by atoms with van der Waals surface area (Å²) in [5.41, 5.74) is 0.394. The molecule has 0 aromatic heterocycles. The van der Waals surface area contributed by atoms with Crippen LogP contribution in [0.3, 0.4) is 0 Å². The van der Waals surface area contributed by atoms with E-state index < -0.39 is 5.97 Å². The van der Waals surface area contributed by atoms with Crippen molar-refractivity contribution in [2.24, 2.45) is 0 Å². The van der Waals surface area contributed by atoms with Gasteiger partial charge in [0.1, 0.15) is 0 Å². The minimum atomic E-state index is -1.27. The van der Waals surface area contributed by atoms with Gasteiger partial charge < -0.3 is 15.0 Å². The van der Waals surface area contributed by atoms with Crippen molar-refractivity contribution in [1.82, 2.24) is 0 Å². The second-order valence-electron chi connectivity index (χ2n) is 1.47. The number of hydrogen-bond acceptors (Lipinski definition) is 3. The van der Waals surface area contributed by atoms with Gasteiger partial charge in [-0.05, 0) is 18.6 Å². The van der Waals surface area contributed by atoms with Gasteiger partial charge in [-0.25, -0.2) is 0 Å². The minimum Gasteiger partial charge on any atom is -0.545 e. The zero-order chi connectivity index (χ0) is 6.57. The van der Waals surface area contributed by atoms with E-state index in [4.69, 9.17) is 5.11 Å². The summed E-state index contributed by atoms with van der Waals surface area (Å²) in [6.45, 7) is 1.28. The van der Waals surface area contributed by atoms with Gasteiger partial charge in [-0.1, -0.05) is 0 Å². The Kier molecular flexibility index (Phi) is 7.57. The molecule has 3 nitrogen and oxygen atoms in total. The average Bonchev–Trinajstić information content (AvgIpc) is 1.65. The summed E-state index contributed by atoms with van der Waals surface area (Å²) in [5.74, 6) is -1.27. The van der Waals surface area contributed by atoms with E-state index in [9.17, 15) is 9.90 Å². The quantitative estimate of drug-likeness (QED) is 0.297. The fraction of sp³-hybridized carbons (Fsp3) is 0.400. The first-order valence-electron chi connectivity index (χ1n) is 2.16. The van der Waals surface area contributed by atoms with E-state index >= 15 is 0 Å².